The van der Waals surface area contributed by atoms with E-state index in [9.17, 15) is 18.0 Å². The van der Waals surface area contributed by atoms with E-state index in [2.05, 4.69) is 4.72 Å². The Labute approximate surface area is 153 Å². The van der Waals surface area contributed by atoms with Crippen molar-refractivity contribution in [3.63, 3.8) is 0 Å². The van der Waals surface area contributed by atoms with Crippen molar-refractivity contribution in [3.8, 4) is 0 Å². The Balaban J connectivity index is 3.21. The molecular formula is C17H25NO7S. The average molecular weight is 387 g/mol. The topological polar surface area (TPSA) is 119 Å². The molecule has 0 bridgehead atoms. The second-order valence-corrected chi connectivity index (χ2v) is 8.08. The van der Waals surface area contributed by atoms with Gasteiger partial charge in [0.1, 0.15) is 0 Å². The number of carboxylic acids is 1. The SMILES string of the molecule is CCOC(=O)c1cc(COC)cc(S(=O)(=O)NC(C)(C)CCC(=O)O)c1. The zero-order valence-corrected chi connectivity index (χ0v) is 16.2. The van der Waals surface area contributed by atoms with E-state index in [-0.39, 0.29) is 36.5 Å². The van der Waals surface area contributed by atoms with E-state index < -0.39 is 27.5 Å². The lowest BCUT2D eigenvalue weighted by Crippen LogP contribution is -2.43. The molecule has 0 aliphatic carbocycles. The number of benzene rings is 1. The van der Waals surface area contributed by atoms with Gasteiger partial charge in [0, 0.05) is 19.1 Å². The lowest BCUT2D eigenvalue weighted by atomic mass is 10.0. The number of methoxy groups -OCH3 is 1. The van der Waals surface area contributed by atoms with Crippen molar-refractivity contribution in [3.05, 3.63) is 29.3 Å². The van der Waals surface area contributed by atoms with Crippen LogP contribution in [0.3, 0.4) is 0 Å². The highest BCUT2D eigenvalue weighted by Gasteiger charge is 2.28. The second kappa shape index (κ2) is 9.11. The van der Waals surface area contributed by atoms with Crippen LogP contribution in [0.2, 0.25) is 0 Å². The zero-order valence-electron chi connectivity index (χ0n) is 15.4. The van der Waals surface area contributed by atoms with Crippen molar-refractivity contribution in [2.45, 2.75) is 50.7 Å². The van der Waals surface area contributed by atoms with Gasteiger partial charge in [-0.15, -0.1) is 0 Å². The molecule has 1 aromatic rings. The maximum absolute atomic E-state index is 12.7. The van der Waals surface area contributed by atoms with Crippen LogP contribution in [0.5, 0.6) is 0 Å². The molecule has 1 aromatic carbocycles. The molecule has 0 saturated carbocycles. The van der Waals surface area contributed by atoms with Crippen molar-refractivity contribution < 1.29 is 32.6 Å². The molecule has 9 heteroatoms. The number of carboxylic acid groups (broad SMARTS) is 1. The molecule has 0 radical (unpaired) electrons. The molecular weight excluding hydrogens is 362 g/mol. The fraction of sp³-hybridized carbons (Fsp3) is 0.529. The summed E-state index contributed by atoms with van der Waals surface area (Å²) in [7, 11) is -2.53. The molecule has 146 valence electrons. The van der Waals surface area contributed by atoms with Gasteiger partial charge in [0.15, 0.2) is 0 Å². The standard InChI is InChI=1S/C17H25NO7S/c1-5-25-16(21)13-8-12(11-24-4)9-14(10-13)26(22,23)18-17(2,3)7-6-15(19)20/h8-10,18H,5-7,11H2,1-4H3,(H,19,20). The Hall–Kier alpha value is -1.97. The highest BCUT2D eigenvalue weighted by Crippen LogP contribution is 2.21. The smallest absolute Gasteiger partial charge is 0.338 e. The van der Waals surface area contributed by atoms with E-state index in [1.807, 2.05) is 0 Å². The number of ether oxygens (including phenoxy) is 2. The summed E-state index contributed by atoms with van der Waals surface area (Å²) in [6.07, 6.45) is -0.0582. The third-order valence-electron chi connectivity index (χ3n) is 3.47. The fourth-order valence-electron chi connectivity index (χ4n) is 2.29. The number of aliphatic carboxylic acids is 1. The van der Waals surface area contributed by atoms with Crippen LogP contribution in [-0.2, 0) is 30.9 Å². The van der Waals surface area contributed by atoms with Crippen LogP contribution in [0, 0.1) is 0 Å². The monoisotopic (exact) mass is 387 g/mol. The van der Waals surface area contributed by atoms with Gasteiger partial charge in [-0.2, -0.15) is 0 Å². The second-order valence-electron chi connectivity index (χ2n) is 6.40. The fourth-order valence-corrected chi connectivity index (χ4v) is 3.83. The average Bonchev–Trinajstić information content (AvgIpc) is 2.52. The van der Waals surface area contributed by atoms with E-state index >= 15 is 0 Å². The largest absolute Gasteiger partial charge is 0.481 e. The molecule has 8 nitrogen and oxygen atoms in total. The molecule has 0 aliphatic rings. The lowest BCUT2D eigenvalue weighted by Gasteiger charge is -2.25. The number of rotatable bonds is 10. The van der Waals surface area contributed by atoms with Crippen LogP contribution in [0.1, 0.15) is 49.5 Å². The molecule has 2 N–H and O–H groups in total. The Morgan fingerprint density at radius 1 is 1.23 bits per heavy atom. The number of hydrogen-bond donors (Lipinski definition) is 2. The molecule has 0 atom stereocenters. The van der Waals surface area contributed by atoms with E-state index in [0.717, 1.165) is 0 Å². The van der Waals surface area contributed by atoms with Crippen LogP contribution in [-0.4, -0.2) is 44.7 Å². The van der Waals surface area contributed by atoms with Gasteiger partial charge in [-0.1, -0.05) is 0 Å². The van der Waals surface area contributed by atoms with E-state index in [4.69, 9.17) is 14.6 Å². The number of carbonyl (C=O) groups is 2. The van der Waals surface area contributed by atoms with Gasteiger partial charge in [-0.05, 0) is 51.0 Å². The van der Waals surface area contributed by atoms with Gasteiger partial charge in [0.2, 0.25) is 10.0 Å². The number of hydrogen-bond acceptors (Lipinski definition) is 6. The number of nitrogens with one attached hydrogen (secondary N) is 1. The van der Waals surface area contributed by atoms with Gasteiger partial charge in [-0.25, -0.2) is 17.9 Å². The maximum Gasteiger partial charge on any atom is 0.338 e. The Morgan fingerprint density at radius 2 is 1.88 bits per heavy atom. The molecule has 0 fully saturated rings. The summed E-state index contributed by atoms with van der Waals surface area (Å²) in [4.78, 5) is 22.6. The summed E-state index contributed by atoms with van der Waals surface area (Å²) in [5.74, 6) is -1.64. The van der Waals surface area contributed by atoms with E-state index in [0.29, 0.717) is 5.56 Å². The number of carbonyl (C=O) groups excluding carboxylic acids is 1. The third kappa shape index (κ3) is 6.74. The van der Waals surface area contributed by atoms with E-state index in [1.54, 1.807) is 20.8 Å². The van der Waals surface area contributed by atoms with Crippen molar-refractivity contribution in [1.82, 2.24) is 4.72 Å². The highest BCUT2D eigenvalue weighted by molar-refractivity contribution is 7.89. The normalized spacial score (nSPS) is 12.0. The Bertz CT molecular complexity index is 756. The molecule has 0 heterocycles. The van der Waals surface area contributed by atoms with Crippen LogP contribution < -0.4 is 4.72 Å². The zero-order chi connectivity index (χ0) is 20.0. The maximum atomic E-state index is 12.7. The molecule has 1 rings (SSSR count). The predicted molar refractivity (Wildman–Crippen MR) is 94.4 cm³/mol. The minimum absolute atomic E-state index is 0.102. The molecule has 0 aromatic heterocycles. The van der Waals surface area contributed by atoms with Crippen molar-refractivity contribution in [2.75, 3.05) is 13.7 Å². The van der Waals surface area contributed by atoms with Gasteiger partial charge in [0.05, 0.1) is 23.7 Å². The van der Waals surface area contributed by atoms with Crippen molar-refractivity contribution in [2.24, 2.45) is 0 Å². The first-order valence-electron chi connectivity index (χ1n) is 8.06. The molecule has 0 aliphatic heterocycles. The summed E-state index contributed by atoms with van der Waals surface area (Å²) in [5.41, 5.74) is -0.370. The van der Waals surface area contributed by atoms with E-state index in [1.165, 1.54) is 25.3 Å². The molecule has 26 heavy (non-hydrogen) atoms. The summed E-state index contributed by atoms with van der Waals surface area (Å²) < 4.78 is 37.9. The van der Waals surface area contributed by atoms with Gasteiger partial charge >= 0.3 is 11.9 Å². The minimum Gasteiger partial charge on any atom is -0.481 e. The van der Waals surface area contributed by atoms with Gasteiger partial charge in [-0.3, -0.25) is 4.79 Å². The first kappa shape index (κ1) is 22.1. The summed E-state index contributed by atoms with van der Waals surface area (Å²) >= 11 is 0. The van der Waals surface area contributed by atoms with Gasteiger partial charge in [0.25, 0.3) is 0 Å². The first-order valence-corrected chi connectivity index (χ1v) is 9.55. The first-order chi connectivity index (χ1) is 12.0. The molecule has 0 amide bonds. The summed E-state index contributed by atoms with van der Waals surface area (Å²) in [5, 5.41) is 8.79. The third-order valence-corrected chi connectivity index (χ3v) is 5.15. The molecule has 0 spiro atoms. The Morgan fingerprint density at radius 3 is 2.42 bits per heavy atom. The summed E-state index contributed by atoms with van der Waals surface area (Å²) in [6, 6.07) is 4.14. The number of esters is 1. The van der Waals surface area contributed by atoms with Crippen LogP contribution in [0.15, 0.2) is 23.1 Å². The van der Waals surface area contributed by atoms with Crippen LogP contribution in [0.25, 0.3) is 0 Å². The minimum atomic E-state index is -3.98. The molecule has 0 saturated heterocycles. The highest BCUT2D eigenvalue weighted by atomic mass is 32.2. The van der Waals surface area contributed by atoms with Crippen LogP contribution >= 0.6 is 0 Å². The number of sulfonamides is 1. The molecule has 0 unspecified atom stereocenters. The quantitative estimate of drug-likeness (QED) is 0.589. The lowest BCUT2D eigenvalue weighted by molar-refractivity contribution is -0.137. The van der Waals surface area contributed by atoms with Crippen molar-refractivity contribution >= 4 is 22.0 Å². The predicted octanol–water partition coefficient (Wildman–Crippen LogP) is 1.93. The van der Waals surface area contributed by atoms with Gasteiger partial charge < -0.3 is 14.6 Å². The Kier molecular flexibility index (Phi) is 7.73. The van der Waals surface area contributed by atoms with Crippen molar-refractivity contribution in [1.29, 1.82) is 0 Å². The van der Waals surface area contributed by atoms with Crippen LogP contribution in [0.4, 0.5) is 0 Å². The summed E-state index contributed by atoms with van der Waals surface area (Å²) in [6.45, 7) is 5.13.